The van der Waals surface area contributed by atoms with E-state index in [1.165, 1.54) is 0 Å². The fourth-order valence-corrected chi connectivity index (χ4v) is 4.61. The topological polar surface area (TPSA) is 71.1 Å². The Bertz CT molecular complexity index is 1070. The van der Waals surface area contributed by atoms with Crippen molar-refractivity contribution in [3.63, 3.8) is 0 Å². The molecule has 154 valence electrons. The zero-order chi connectivity index (χ0) is 21.5. The lowest BCUT2D eigenvalue weighted by atomic mass is 9.68. The molecule has 1 unspecified atom stereocenters. The van der Waals surface area contributed by atoms with E-state index in [1.54, 1.807) is 18.3 Å². The summed E-state index contributed by atoms with van der Waals surface area (Å²) in [7, 11) is 0. The average Bonchev–Trinajstić information content (AvgIpc) is 2.67. The summed E-state index contributed by atoms with van der Waals surface area (Å²) in [6.45, 7) is 6.11. The van der Waals surface area contributed by atoms with Crippen molar-refractivity contribution in [1.29, 1.82) is 0 Å². The fraction of sp³-hybridized carbons (Fsp3) is 0.292. The van der Waals surface area contributed by atoms with Crippen molar-refractivity contribution >= 4 is 33.4 Å². The smallest absolute Gasteiger partial charge is 0.255 e. The van der Waals surface area contributed by atoms with Gasteiger partial charge in [0.15, 0.2) is 5.78 Å². The number of carbonyl (C=O) groups excluding carboxylic acids is 2. The second-order valence-corrected chi connectivity index (χ2v) is 9.57. The number of aromatic nitrogens is 1. The molecule has 2 heterocycles. The number of allylic oxidation sites excluding steroid dienone is 3. The van der Waals surface area contributed by atoms with E-state index in [4.69, 9.17) is 0 Å². The standard InChI is InChI=1S/C24H24BrN3O2/c1-14-20(23(30)28-19-6-4-5-11-26-19)21(15-7-9-16(25)10-8-15)22-17(27-14)12-24(2,3)13-18(22)29/h4-11,21,27H,12-13H2,1-3H3,(H,26,28,30). The molecule has 0 spiro atoms. The molecule has 1 aliphatic carbocycles. The fourth-order valence-electron chi connectivity index (χ4n) is 4.35. The van der Waals surface area contributed by atoms with Crippen molar-refractivity contribution < 1.29 is 9.59 Å². The van der Waals surface area contributed by atoms with Crippen LogP contribution in [0, 0.1) is 5.41 Å². The SMILES string of the molecule is CC1=C(C(=O)Nc2ccccn2)C(c2ccc(Br)cc2)C2=C(CC(C)(C)CC2=O)N1. The van der Waals surface area contributed by atoms with Gasteiger partial charge < -0.3 is 10.6 Å². The van der Waals surface area contributed by atoms with Crippen LogP contribution in [0.1, 0.15) is 45.1 Å². The van der Waals surface area contributed by atoms with E-state index >= 15 is 0 Å². The Morgan fingerprint density at radius 1 is 1.17 bits per heavy atom. The predicted octanol–water partition coefficient (Wildman–Crippen LogP) is 5.09. The van der Waals surface area contributed by atoms with E-state index < -0.39 is 5.92 Å². The molecule has 1 atom stereocenters. The van der Waals surface area contributed by atoms with Crippen molar-refractivity contribution in [2.45, 2.75) is 39.5 Å². The largest absolute Gasteiger partial charge is 0.362 e. The molecule has 30 heavy (non-hydrogen) atoms. The maximum absolute atomic E-state index is 13.3. The number of hydrogen-bond acceptors (Lipinski definition) is 4. The third-order valence-electron chi connectivity index (χ3n) is 5.59. The highest BCUT2D eigenvalue weighted by Gasteiger charge is 2.42. The highest BCUT2D eigenvalue weighted by molar-refractivity contribution is 9.10. The molecule has 1 aromatic heterocycles. The Kier molecular flexibility index (Phi) is 5.36. The number of nitrogens with zero attached hydrogens (tertiary/aromatic N) is 1. The van der Waals surface area contributed by atoms with Gasteiger partial charge in [0.25, 0.3) is 5.91 Å². The number of anilines is 1. The van der Waals surface area contributed by atoms with Crippen LogP contribution in [0.15, 0.2) is 75.7 Å². The lowest BCUT2D eigenvalue weighted by Crippen LogP contribution is -2.39. The molecule has 2 aliphatic rings. The van der Waals surface area contributed by atoms with Crippen LogP contribution in [0.5, 0.6) is 0 Å². The number of pyridine rings is 1. The number of halogens is 1. The molecule has 2 aromatic rings. The summed E-state index contributed by atoms with van der Waals surface area (Å²) in [5, 5.41) is 6.27. The number of Topliss-reactive ketones (excluding diaryl/α,β-unsaturated/α-hetero) is 1. The first-order valence-electron chi connectivity index (χ1n) is 9.97. The monoisotopic (exact) mass is 465 g/mol. The lowest BCUT2D eigenvalue weighted by molar-refractivity contribution is -0.118. The normalized spacial score (nSPS) is 20.5. The highest BCUT2D eigenvalue weighted by Crippen LogP contribution is 2.46. The maximum atomic E-state index is 13.3. The number of hydrogen-bond donors (Lipinski definition) is 2. The average molecular weight is 466 g/mol. The van der Waals surface area contributed by atoms with Gasteiger partial charge in [-0.3, -0.25) is 9.59 Å². The van der Waals surface area contributed by atoms with Gasteiger partial charge in [0, 0.05) is 45.5 Å². The van der Waals surface area contributed by atoms with Crippen LogP contribution < -0.4 is 10.6 Å². The first-order valence-corrected chi connectivity index (χ1v) is 10.8. The maximum Gasteiger partial charge on any atom is 0.255 e. The molecule has 4 rings (SSSR count). The molecule has 6 heteroatoms. The van der Waals surface area contributed by atoms with E-state index in [0.29, 0.717) is 23.4 Å². The van der Waals surface area contributed by atoms with Crippen LogP contribution in [0.2, 0.25) is 0 Å². The number of rotatable bonds is 3. The number of amides is 1. The van der Waals surface area contributed by atoms with Gasteiger partial charge in [-0.2, -0.15) is 0 Å². The van der Waals surface area contributed by atoms with Crippen molar-refractivity contribution in [1.82, 2.24) is 10.3 Å². The molecule has 0 saturated heterocycles. The van der Waals surface area contributed by atoms with E-state index in [9.17, 15) is 9.59 Å². The number of benzene rings is 1. The number of dihydropyridines is 1. The van der Waals surface area contributed by atoms with E-state index in [0.717, 1.165) is 27.9 Å². The molecular formula is C24H24BrN3O2. The molecule has 0 bridgehead atoms. The van der Waals surface area contributed by atoms with Crippen LogP contribution in [-0.4, -0.2) is 16.7 Å². The molecule has 0 radical (unpaired) electrons. The van der Waals surface area contributed by atoms with E-state index in [-0.39, 0.29) is 17.1 Å². The molecule has 0 saturated carbocycles. The predicted molar refractivity (Wildman–Crippen MR) is 121 cm³/mol. The minimum Gasteiger partial charge on any atom is -0.362 e. The van der Waals surface area contributed by atoms with Crippen molar-refractivity contribution in [3.8, 4) is 0 Å². The minimum atomic E-state index is -0.415. The highest BCUT2D eigenvalue weighted by atomic mass is 79.9. The summed E-state index contributed by atoms with van der Waals surface area (Å²) in [5.41, 5.74) is 3.76. The second kappa shape index (κ2) is 7.84. The summed E-state index contributed by atoms with van der Waals surface area (Å²) in [6, 6.07) is 13.2. The van der Waals surface area contributed by atoms with Crippen LogP contribution >= 0.6 is 15.9 Å². The molecule has 1 aromatic carbocycles. The van der Waals surface area contributed by atoms with Gasteiger partial charge in [-0.15, -0.1) is 0 Å². The van der Waals surface area contributed by atoms with Crippen molar-refractivity contribution in [2.75, 3.05) is 5.32 Å². The first-order chi connectivity index (χ1) is 14.2. The van der Waals surface area contributed by atoms with Gasteiger partial charge in [0.05, 0.1) is 0 Å². The van der Waals surface area contributed by atoms with Gasteiger partial charge in [-0.1, -0.05) is 48.0 Å². The van der Waals surface area contributed by atoms with Crippen LogP contribution in [0.3, 0.4) is 0 Å². The van der Waals surface area contributed by atoms with Crippen molar-refractivity contribution in [3.05, 3.63) is 81.2 Å². The second-order valence-electron chi connectivity index (χ2n) is 8.65. The Morgan fingerprint density at radius 3 is 2.57 bits per heavy atom. The first kappa shape index (κ1) is 20.5. The molecule has 1 amide bonds. The van der Waals surface area contributed by atoms with Gasteiger partial charge in [0.1, 0.15) is 5.82 Å². The van der Waals surface area contributed by atoms with Gasteiger partial charge in [0.2, 0.25) is 0 Å². The summed E-state index contributed by atoms with van der Waals surface area (Å²) in [4.78, 5) is 30.8. The summed E-state index contributed by atoms with van der Waals surface area (Å²) in [5.74, 6) is -0.0944. The van der Waals surface area contributed by atoms with Gasteiger partial charge in [-0.05, 0) is 48.6 Å². The summed E-state index contributed by atoms with van der Waals surface area (Å²) >= 11 is 3.47. The zero-order valence-corrected chi connectivity index (χ0v) is 18.8. The third kappa shape index (κ3) is 3.97. The summed E-state index contributed by atoms with van der Waals surface area (Å²) in [6.07, 6.45) is 2.87. The number of carbonyl (C=O) groups is 2. The minimum absolute atomic E-state index is 0.0947. The van der Waals surface area contributed by atoms with E-state index in [1.807, 2.05) is 37.3 Å². The number of ketones is 1. The Hall–Kier alpha value is -2.73. The van der Waals surface area contributed by atoms with Crippen LogP contribution in [0.4, 0.5) is 5.82 Å². The van der Waals surface area contributed by atoms with Crippen molar-refractivity contribution in [2.24, 2.45) is 5.41 Å². The van der Waals surface area contributed by atoms with E-state index in [2.05, 4.69) is 45.4 Å². The third-order valence-corrected chi connectivity index (χ3v) is 6.12. The lowest BCUT2D eigenvalue weighted by Gasteiger charge is -2.39. The molecular weight excluding hydrogens is 442 g/mol. The van der Waals surface area contributed by atoms with Gasteiger partial charge in [-0.25, -0.2) is 4.98 Å². The molecule has 5 nitrogen and oxygen atoms in total. The Labute approximate surface area is 184 Å². The van der Waals surface area contributed by atoms with Gasteiger partial charge >= 0.3 is 0 Å². The zero-order valence-electron chi connectivity index (χ0n) is 17.3. The Morgan fingerprint density at radius 2 is 1.90 bits per heavy atom. The Balaban J connectivity index is 1.81. The molecule has 0 fully saturated rings. The number of nitrogens with one attached hydrogen (secondary N) is 2. The quantitative estimate of drug-likeness (QED) is 0.662. The molecule has 2 N–H and O–H groups in total. The van der Waals surface area contributed by atoms with Crippen LogP contribution in [-0.2, 0) is 9.59 Å². The van der Waals surface area contributed by atoms with Crippen LogP contribution in [0.25, 0.3) is 0 Å². The molecule has 1 aliphatic heterocycles. The summed E-state index contributed by atoms with van der Waals surface area (Å²) < 4.78 is 0.950.